The Bertz CT molecular complexity index is 2970. The lowest BCUT2D eigenvalue weighted by atomic mass is 9.81. The van der Waals surface area contributed by atoms with Crippen molar-refractivity contribution in [2.24, 2.45) is 0 Å². The van der Waals surface area contributed by atoms with Gasteiger partial charge in [0, 0.05) is 64.1 Å². The lowest BCUT2D eigenvalue weighted by molar-refractivity contribution is 0.664. The summed E-state index contributed by atoms with van der Waals surface area (Å²) in [7, 11) is 0. The van der Waals surface area contributed by atoms with E-state index in [0.29, 0.717) is 0 Å². The monoisotopic (exact) mass is 630 g/mol. The molecular formula is C45H30N2S. The fraction of sp³-hybridized carbons (Fsp3) is 0.0667. The Kier molecular flexibility index (Phi) is 5.09. The minimum absolute atomic E-state index is 0.221. The van der Waals surface area contributed by atoms with Crippen LogP contribution < -0.4 is 0 Å². The number of para-hydroxylation sites is 3. The van der Waals surface area contributed by atoms with Crippen LogP contribution in [0.1, 0.15) is 25.0 Å². The van der Waals surface area contributed by atoms with E-state index in [0.717, 1.165) is 0 Å². The standard InChI is InChI=1S/C45H30N2S/c1-45(2)34-20-10-6-17-30(34)41-42(45)44-40(39-31-18-7-11-21-35(31)46(43(39)41)27-14-4-3-5-15-27)32-19-8-12-22-36(32)47(44)28-24-25-38-33(26-28)29-16-9-13-23-37(29)48-38/h3-26H,1-2H3. The SMILES string of the molecule is CC1(C)c2ccccc2-c2c1c1c(c3ccccc3n1-c1ccc3sc4ccccc4c3c1)c1c3ccccc3n(-c3ccccc3)c21. The second-order valence-electron chi connectivity index (χ2n) is 13.7. The zero-order chi connectivity index (χ0) is 31.7. The van der Waals surface area contributed by atoms with E-state index < -0.39 is 0 Å². The predicted octanol–water partition coefficient (Wildman–Crippen LogP) is 12.6. The number of thiophene rings is 1. The molecule has 0 amide bonds. The van der Waals surface area contributed by atoms with Crippen LogP contribution in [0.25, 0.3) is 86.3 Å². The minimum Gasteiger partial charge on any atom is -0.309 e. The molecule has 0 saturated carbocycles. The number of nitrogens with zero attached hydrogens (tertiary/aromatic N) is 2. The van der Waals surface area contributed by atoms with Crippen molar-refractivity contribution in [3.63, 3.8) is 0 Å². The van der Waals surface area contributed by atoms with Gasteiger partial charge < -0.3 is 9.13 Å². The third kappa shape index (κ3) is 3.22. The molecule has 0 spiro atoms. The number of benzene rings is 7. The van der Waals surface area contributed by atoms with Gasteiger partial charge in [-0.15, -0.1) is 11.3 Å². The van der Waals surface area contributed by atoms with Crippen LogP contribution in [0, 0.1) is 0 Å². The molecule has 3 heteroatoms. The van der Waals surface area contributed by atoms with Crippen LogP contribution in [0.4, 0.5) is 0 Å². The number of hydrogen-bond acceptors (Lipinski definition) is 1. The molecule has 10 aromatic rings. The third-order valence-corrected chi connectivity index (χ3v) is 12.0. The topological polar surface area (TPSA) is 9.86 Å². The van der Waals surface area contributed by atoms with Crippen LogP contribution in [-0.2, 0) is 5.41 Å². The molecule has 0 aliphatic heterocycles. The molecule has 1 aliphatic carbocycles. The maximum absolute atomic E-state index is 2.58. The molecular weight excluding hydrogens is 601 g/mol. The Labute approximate surface area is 281 Å². The van der Waals surface area contributed by atoms with E-state index in [1.54, 1.807) is 0 Å². The first-order valence-electron chi connectivity index (χ1n) is 16.7. The summed E-state index contributed by atoms with van der Waals surface area (Å²) in [5.74, 6) is 0. The Hall–Kier alpha value is -5.64. The van der Waals surface area contributed by atoms with Crippen molar-refractivity contribution in [3.8, 4) is 22.5 Å². The van der Waals surface area contributed by atoms with Crippen molar-refractivity contribution in [1.29, 1.82) is 0 Å². The van der Waals surface area contributed by atoms with Gasteiger partial charge in [0.2, 0.25) is 0 Å². The second kappa shape index (κ2) is 9.25. The molecule has 0 radical (unpaired) electrons. The normalized spacial score (nSPS) is 13.8. The van der Waals surface area contributed by atoms with Gasteiger partial charge >= 0.3 is 0 Å². The molecule has 7 aromatic carbocycles. The summed E-state index contributed by atoms with van der Waals surface area (Å²) in [6.07, 6.45) is 0. The molecule has 11 rings (SSSR count). The first kappa shape index (κ1) is 26.4. The average molecular weight is 631 g/mol. The molecule has 3 heterocycles. The van der Waals surface area contributed by atoms with Gasteiger partial charge in [-0.05, 0) is 65.2 Å². The summed E-state index contributed by atoms with van der Waals surface area (Å²) in [6, 6.07) is 54.0. The molecule has 0 fully saturated rings. The Morgan fingerprint density at radius 1 is 0.479 bits per heavy atom. The van der Waals surface area contributed by atoms with Crippen molar-refractivity contribution < 1.29 is 0 Å². The number of rotatable bonds is 2. The van der Waals surface area contributed by atoms with E-state index in [4.69, 9.17) is 0 Å². The van der Waals surface area contributed by atoms with Crippen LogP contribution in [0.5, 0.6) is 0 Å². The van der Waals surface area contributed by atoms with Gasteiger partial charge in [-0.1, -0.05) is 111 Å². The zero-order valence-corrected chi connectivity index (χ0v) is 27.5. The van der Waals surface area contributed by atoms with Gasteiger partial charge in [-0.25, -0.2) is 0 Å². The van der Waals surface area contributed by atoms with Gasteiger partial charge in [-0.3, -0.25) is 0 Å². The van der Waals surface area contributed by atoms with Gasteiger partial charge in [0.15, 0.2) is 0 Å². The molecule has 0 N–H and O–H groups in total. The van der Waals surface area contributed by atoms with Gasteiger partial charge in [0.25, 0.3) is 0 Å². The fourth-order valence-corrected chi connectivity index (χ4v) is 10.0. The molecule has 0 saturated heterocycles. The van der Waals surface area contributed by atoms with Crippen molar-refractivity contribution in [1.82, 2.24) is 9.13 Å². The van der Waals surface area contributed by atoms with Crippen LogP contribution in [0.3, 0.4) is 0 Å². The Morgan fingerprint density at radius 3 is 1.83 bits per heavy atom. The Morgan fingerprint density at radius 2 is 1.06 bits per heavy atom. The molecule has 3 aromatic heterocycles. The number of aromatic nitrogens is 2. The molecule has 0 unspecified atom stereocenters. The fourth-order valence-electron chi connectivity index (χ4n) is 8.91. The first-order valence-corrected chi connectivity index (χ1v) is 17.5. The third-order valence-electron chi connectivity index (χ3n) is 10.9. The maximum Gasteiger partial charge on any atom is 0.0630 e. The molecule has 48 heavy (non-hydrogen) atoms. The van der Waals surface area contributed by atoms with Crippen molar-refractivity contribution >= 4 is 75.1 Å². The first-order chi connectivity index (χ1) is 23.6. The lowest BCUT2D eigenvalue weighted by Gasteiger charge is -2.24. The highest BCUT2D eigenvalue weighted by Crippen LogP contribution is 2.58. The number of hydrogen-bond donors (Lipinski definition) is 0. The summed E-state index contributed by atoms with van der Waals surface area (Å²) in [6.45, 7) is 4.85. The largest absolute Gasteiger partial charge is 0.309 e. The van der Waals surface area contributed by atoms with Gasteiger partial charge in [0.1, 0.15) is 0 Å². The maximum atomic E-state index is 2.58. The average Bonchev–Trinajstić information content (AvgIpc) is 3.84. The molecule has 0 bridgehead atoms. The molecule has 226 valence electrons. The highest BCUT2D eigenvalue weighted by molar-refractivity contribution is 7.25. The minimum atomic E-state index is -0.221. The van der Waals surface area contributed by atoms with Crippen LogP contribution in [0.2, 0.25) is 0 Å². The van der Waals surface area contributed by atoms with E-state index in [1.165, 1.54) is 97.4 Å². The summed E-state index contributed by atoms with van der Waals surface area (Å²) in [5.41, 5.74) is 12.7. The van der Waals surface area contributed by atoms with E-state index >= 15 is 0 Å². The predicted molar refractivity (Wildman–Crippen MR) is 206 cm³/mol. The van der Waals surface area contributed by atoms with Crippen LogP contribution in [0.15, 0.2) is 146 Å². The van der Waals surface area contributed by atoms with Crippen molar-refractivity contribution in [2.75, 3.05) is 0 Å². The summed E-state index contributed by atoms with van der Waals surface area (Å²) >= 11 is 1.88. The van der Waals surface area contributed by atoms with Crippen LogP contribution in [-0.4, -0.2) is 9.13 Å². The Balaban J connectivity index is 1.43. The smallest absolute Gasteiger partial charge is 0.0630 e. The molecule has 2 nitrogen and oxygen atoms in total. The summed E-state index contributed by atoms with van der Waals surface area (Å²) in [5, 5.41) is 7.88. The highest BCUT2D eigenvalue weighted by atomic mass is 32.1. The van der Waals surface area contributed by atoms with Crippen molar-refractivity contribution in [3.05, 3.63) is 157 Å². The van der Waals surface area contributed by atoms with E-state index in [1.807, 2.05) is 11.3 Å². The van der Waals surface area contributed by atoms with E-state index in [9.17, 15) is 0 Å². The van der Waals surface area contributed by atoms with Gasteiger partial charge in [0.05, 0.1) is 22.1 Å². The molecule has 0 atom stereocenters. The summed E-state index contributed by atoms with van der Waals surface area (Å²) < 4.78 is 7.76. The number of fused-ring (bicyclic) bond motifs is 15. The zero-order valence-electron chi connectivity index (χ0n) is 26.7. The van der Waals surface area contributed by atoms with E-state index in [-0.39, 0.29) is 5.41 Å². The second-order valence-corrected chi connectivity index (χ2v) is 14.8. The van der Waals surface area contributed by atoms with E-state index in [2.05, 4.69) is 169 Å². The van der Waals surface area contributed by atoms with Crippen LogP contribution >= 0.6 is 11.3 Å². The quantitative estimate of drug-likeness (QED) is 0.180. The van der Waals surface area contributed by atoms with Gasteiger partial charge in [-0.2, -0.15) is 0 Å². The molecule has 1 aliphatic rings. The highest BCUT2D eigenvalue weighted by Gasteiger charge is 2.41. The summed E-state index contributed by atoms with van der Waals surface area (Å²) in [4.78, 5) is 0. The lowest BCUT2D eigenvalue weighted by Crippen LogP contribution is -2.16. The van der Waals surface area contributed by atoms with Crippen molar-refractivity contribution in [2.45, 2.75) is 19.3 Å².